The molecule has 0 amide bonds. The smallest absolute Gasteiger partial charge is 0.338 e. The van der Waals surface area contributed by atoms with Crippen molar-refractivity contribution in [3.8, 4) is 0 Å². The van der Waals surface area contributed by atoms with Gasteiger partial charge in [0.05, 0.1) is 17.2 Å². The van der Waals surface area contributed by atoms with Gasteiger partial charge in [-0.25, -0.2) is 9.59 Å². The van der Waals surface area contributed by atoms with Gasteiger partial charge in [0.25, 0.3) is 0 Å². The maximum Gasteiger partial charge on any atom is 0.338 e. The van der Waals surface area contributed by atoms with E-state index in [1.54, 1.807) is 12.1 Å². The van der Waals surface area contributed by atoms with Crippen LogP contribution in [0.2, 0.25) is 0 Å². The lowest BCUT2D eigenvalue weighted by Gasteiger charge is -2.62. The van der Waals surface area contributed by atoms with Gasteiger partial charge in [-0.05, 0) is 117 Å². The molecule has 0 saturated heterocycles. The van der Waals surface area contributed by atoms with Crippen molar-refractivity contribution in [2.45, 2.75) is 90.4 Å². The Labute approximate surface area is 238 Å². The van der Waals surface area contributed by atoms with Gasteiger partial charge < -0.3 is 14.6 Å². The fourth-order valence-electron chi connectivity index (χ4n) is 9.95. The summed E-state index contributed by atoms with van der Waals surface area (Å²) in [6, 6.07) is 18.5. The number of carbonyl (C=O) groups excluding carboxylic acids is 2. The topological polar surface area (TPSA) is 72.8 Å². The molecule has 0 heterocycles. The highest BCUT2D eigenvalue weighted by Crippen LogP contribution is 2.68. The van der Waals surface area contributed by atoms with E-state index in [-0.39, 0.29) is 52.9 Å². The molecule has 2 aromatic rings. The summed E-state index contributed by atoms with van der Waals surface area (Å²) in [5.41, 5.74) is 1.22. The van der Waals surface area contributed by atoms with Gasteiger partial charge in [0.1, 0.15) is 12.2 Å². The molecule has 2 aromatic carbocycles. The lowest BCUT2D eigenvalue weighted by Crippen LogP contribution is -2.59. The van der Waals surface area contributed by atoms with Gasteiger partial charge in [-0.2, -0.15) is 0 Å². The van der Waals surface area contributed by atoms with Gasteiger partial charge in [0.2, 0.25) is 0 Å². The standard InChI is InChI=1S/C35H44O5/c1-22(39-32(37)23-10-6-4-7-11-23)28-16-17-29-27-15-14-25-20-26(40-33(38)24-12-8-5-9-13-24)18-19-34(25,2)31(27)30(36)21-35(28,29)3/h4-13,22,25-31,36H,14-21H2,1-3H3/t22-,25+,26-,27+,28-,29+,30+,31-,34+,35-/m1/s1. The second-order valence-electron chi connectivity index (χ2n) is 13.7. The first-order valence-electron chi connectivity index (χ1n) is 15.4. The largest absolute Gasteiger partial charge is 0.459 e. The number of aliphatic hydroxyl groups is 1. The van der Waals surface area contributed by atoms with Crippen LogP contribution >= 0.6 is 0 Å². The van der Waals surface area contributed by atoms with Gasteiger partial charge >= 0.3 is 11.9 Å². The van der Waals surface area contributed by atoms with Crippen molar-refractivity contribution < 1.29 is 24.2 Å². The molecule has 6 rings (SSSR count). The lowest BCUT2D eigenvalue weighted by molar-refractivity contribution is -0.182. The summed E-state index contributed by atoms with van der Waals surface area (Å²) in [6.45, 7) is 6.82. The molecule has 4 aliphatic rings. The van der Waals surface area contributed by atoms with Crippen LogP contribution in [-0.4, -0.2) is 35.4 Å². The summed E-state index contributed by atoms with van der Waals surface area (Å²) in [5.74, 6) is 1.52. The van der Waals surface area contributed by atoms with Crippen LogP contribution < -0.4 is 0 Å². The van der Waals surface area contributed by atoms with Crippen molar-refractivity contribution in [1.82, 2.24) is 0 Å². The van der Waals surface area contributed by atoms with E-state index in [9.17, 15) is 14.7 Å². The molecular weight excluding hydrogens is 500 g/mol. The van der Waals surface area contributed by atoms with Crippen molar-refractivity contribution in [2.24, 2.45) is 40.4 Å². The zero-order chi connectivity index (χ0) is 28.1. The van der Waals surface area contributed by atoms with E-state index >= 15 is 0 Å². The number of aliphatic hydroxyl groups excluding tert-OH is 1. The minimum Gasteiger partial charge on any atom is -0.459 e. The number of esters is 2. The van der Waals surface area contributed by atoms with Crippen molar-refractivity contribution in [3.63, 3.8) is 0 Å². The molecular formula is C35H44O5. The van der Waals surface area contributed by atoms with E-state index in [0.717, 1.165) is 51.4 Å². The lowest BCUT2D eigenvalue weighted by atomic mass is 9.43. The summed E-state index contributed by atoms with van der Waals surface area (Å²) < 4.78 is 12.0. The summed E-state index contributed by atoms with van der Waals surface area (Å²) >= 11 is 0. The van der Waals surface area contributed by atoms with E-state index in [4.69, 9.17) is 9.47 Å². The Kier molecular flexibility index (Phi) is 7.31. The van der Waals surface area contributed by atoms with Crippen LogP contribution in [-0.2, 0) is 9.47 Å². The van der Waals surface area contributed by atoms with Crippen LogP contribution in [0.5, 0.6) is 0 Å². The third kappa shape index (κ3) is 4.68. The summed E-state index contributed by atoms with van der Waals surface area (Å²) in [6.07, 6.45) is 7.33. The maximum atomic E-state index is 12.8. The monoisotopic (exact) mass is 544 g/mol. The van der Waals surface area contributed by atoms with E-state index in [2.05, 4.69) is 13.8 Å². The molecule has 4 aliphatic carbocycles. The number of hydrogen-bond acceptors (Lipinski definition) is 5. The number of fused-ring (bicyclic) bond motifs is 5. The van der Waals surface area contributed by atoms with E-state index in [1.807, 2.05) is 55.5 Å². The molecule has 4 fully saturated rings. The van der Waals surface area contributed by atoms with Crippen molar-refractivity contribution in [3.05, 3.63) is 71.8 Å². The molecule has 214 valence electrons. The highest BCUT2D eigenvalue weighted by atomic mass is 16.5. The van der Waals surface area contributed by atoms with Gasteiger partial charge in [-0.3, -0.25) is 0 Å². The zero-order valence-electron chi connectivity index (χ0n) is 24.1. The molecule has 0 radical (unpaired) electrons. The Morgan fingerprint density at radius 1 is 0.850 bits per heavy atom. The van der Waals surface area contributed by atoms with Crippen LogP contribution in [0.15, 0.2) is 60.7 Å². The number of carbonyl (C=O) groups is 2. The fourth-order valence-corrected chi connectivity index (χ4v) is 9.95. The predicted octanol–water partition coefficient (Wildman–Crippen LogP) is 7.09. The van der Waals surface area contributed by atoms with Crippen LogP contribution in [0, 0.1) is 40.4 Å². The normalized spacial score (nSPS) is 39.2. The molecule has 40 heavy (non-hydrogen) atoms. The second kappa shape index (κ2) is 10.6. The SMILES string of the molecule is C[C@@H](OC(=O)c1ccccc1)[C@H]1CC[C@H]2[C@@H]3CC[C@H]4C[C@H](OC(=O)c5ccccc5)CC[C@]4(C)[C@H]3[C@@H](O)C[C@]12C. The van der Waals surface area contributed by atoms with Gasteiger partial charge in [-0.15, -0.1) is 0 Å². The molecule has 10 atom stereocenters. The first kappa shape index (κ1) is 27.5. The number of ether oxygens (including phenoxy) is 2. The minimum absolute atomic E-state index is 0.0391. The Bertz CT molecular complexity index is 1210. The Hall–Kier alpha value is -2.66. The zero-order valence-corrected chi connectivity index (χ0v) is 24.1. The highest BCUT2D eigenvalue weighted by molar-refractivity contribution is 5.89. The molecule has 5 heteroatoms. The first-order valence-corrected chi connectivity index (χ1v) is 15.4. The van der Waals surface area contributed by atoms with Gasteiger partial charge in [-0.1, -0.05) is 50.2 Å². The van der Waals surface area contributed by atoms with Crippen LogP contribution in [0.3, 0.4) is 0 Å². The van der Waals surface area contributed by atoms with Crippen LogP contribution in [0.4, 0.5) is 0 Å². The average Bonchev–Trinajstić information content (AvgIpc) is 3.30. The van der Waals surface area contributed by atoms with E-state index < -0.39 is 0 Å². The summed E-state index contributed by atoms with van der Waals surface area (Å²) in [5, 5.41) is 11.8. The van der Waals surface area contributed by atoms with Crippen molar-refractivity contribution >= 4 is 11.9 Å². The Morgan fingerprint density at radius 2 is 1.50 bits per heavy atom. The molecule has 0 spiro atoms. The third-order valence-electron chi connectivity index (χ3n) is 11.8. The highest BCUT2D eigenvalue weighted by Gasteiger charge is 2.64. The number of rotatable bonds is 5. The summed E-state index contributed by atoms with van der Waals surface area (Å²) in [7, 11) is 0. The van der Waals surface area contributed by atoms with Crippen LogP contribution in [0.1, 0.15) is 92.9 Å². The van der Waals surface area contributed by atoms with Crippen LogP contribution in [0.25, 0.3) is 0 Å². The van der Waals surface area contributed by atoms with E-state index in [0.29, 0.717) is 28.9 Å². The molecule has 0 aliphatic heterocycles. The molecule has 0 aromatic heterocycles. The molecule has 5 nitrogen and oxygen atoms in total. The van der Waals surface area contributed by atoms with E-state index in [1.165, 1.54) is 0 Å². The second-order valence-corrected chi connectivity index (χ2v) is 13.7. The van der Waals surface area contributed by atoms with Gasteiger partial charge in [0.15, 0.2) is 0 Å². The number of benzene rings is 2. The fraction of sp³-hybridized carbons (Fsp3) is 0.600. The van der Waals surface area contributed by atoms with Crippen molar-refractivity contribution in [1.29, 1.82) is 0 Å². The van der Waals surface area contributed by atoms with Gasteiger partial charge in [0, 0.05) is 5.92 Å². The molecule has 4 saturated carbocycles. The average molecular weight is 545 g/mol. The third-order valence-corrected chi connectivity index (χ3v) is 11.8. The Morgan fingerprint density at radius 3 is 2.17 bits per heavy atom. The quantitative estimate of drug-likeness (QED) is 0.407. The number of hydrogen-bond donors (Lipinski definition) is 1. The summed E-state index contributed by atoms with van der Waals surface area (Å²) in [4.78, 5) is 25.6. The first-order chi connectivity index (χ1) is 19.2. The molecule has 0 bridgehead atoms. The predicted molar refractivity (Wildman–Crippen MR) is 154 cm³/mol. The Balaban J connectivity index is 1.14. The molecule has 1 N–H and O–H groups in total. The maximum absolute atomic E-state index is 12.8. The minimum atomic E-state index is -0.361. The molecule has 0 unspecified atom stereocenters. The van der Waals surface area contributed by atoms with Crippen molar-refractivity contribution in [2.75, 3.05) is 0 Å².